The van der Waals surface area contributed by atoms with Crippen LogP contribution in [0.4, 0.5) is 17.2 Å². The largest absolute Gasteiger partial charge is 0.420 e. The number of pyridine rings is 1. The Morgan fingerprint density at radius 1 is 0.881 bits per heavy atom. The fourth-order valence-electron chi connectivity index (χ4n) is 5.66. The Bertz CT molecular complexity index is 1740. The number of hydrogen-bond donors (Lipinski definition) is 3. The van der Waals surface area contributed by atoms with Gasteiger partial charge in [0.25, 0.3) is 0 Å². The number of aromatic nitrogens is 3. The third-order valence-electron chi connectivity index (χ3n) is 7.94. The van der Waals surface area contributed by atoms with E-state index >= 15 is 0 Å². The third-order valence-corrected chi connectivity index (χ3v) is 7.94. The van der Waals surface area contributed by atoms with Crippen LogP contribution < -0.4 is 10.2 Å². The molecule has 2 aliphatic rings. The molecule has 3 N–H and O–H groups in total. The van der Waals surface area contributed by atoms with Crippen molar-refractivity contribution >= 4 is 28.9 Å². The highest BCUT2D eigenvalue weighted by Crippen LogP contribution is 2.35. The Kier molecular flexibility index (Phi) is 6.77. The lowest BCUT2D eigenvalue weighted by Crippen LogP contribution is -2.36. The van der Waals surface area contributed by atoms with E-state index in [1.807, 2.05) is 78.9 Å². The highest BCUT2D eigenvalue weighted by Gasteiger charge is 2.29. The standard InChI is InChI=1S/C33H30N8O/c34-29(41-28-11-6-18-36-31(28)37-27-10-5-4-9-26(27)30(41)35)23-14-12-22(13-15-23)21-40-19-16-25(17-20-40)33-39-38-32(42-33)24-7-2-1-3-8-24/h1-15,18,25,34-35H,16-17,19-21H2,(H,36,37). The van der Waals surface area contributed by atoms with Crippen molar-refractivity contribution in [3.63, 3.8) is 0 Å². The molecule has 2 aromatic heterocycles. The van der Waals surface area contributed by atoms with Crippen LogP contribution in [0.5, 0.6) is 0 Å². The molecule has 0 radical (unpaired) electrons. The van der Waals surface area contributed by atoms with Crippen molar-refractivity contribution in [1.29, 1.82) is 10.8 Å². The zero-order chi connectivity index (χ0) is 28.5. The second-order valence-electron chi connectivity index (χ2n) is 10.6. The van der Waals surface area contributed by atoms with E-state index in [1.165, 1.54) is 5.56 Å². The first-order chi connectivity index (χ1) is 20.6. The summed E-state index contributed by atoms with van der Waals surface area (Å²) in [5.74, 6) is 2.66. The van der Waals surface area contributed by atoms with E-state index < -0.39 is 0 Å². The number of benzene rings is 3. The van der Waals surface area contributed by atoms with Crippen LogP contribution in [0.1, 0.15) is 41.3 Å². The highest BCUT2D eigenvalue weighted by atomic mass is 16.4. The molecule has 9 nitrogen and oxygen atoms in total. The monoisotopic (exact) mass is 554 g/mol. The van der Waals surface area contributed by atoms with Gasteiger partial charge in [-0.2, -0.15) is 0 Å². The summed E-state index contributed by atoms with van der Waals surface area (Å²) < 4.78 is 6.02. The summed E-state index contributed by atoms with van der Waals surface area (Å²) in [5.41, 5.74) is 5.06. The van der Waals surface area contributed by atoms with Gasteiger partial charge >= 0.3 is 0 Å². The van der Waals surface area contributed by atoms with Crippen LogP contribution in [0.25, 0.3) is 11.5 Å². The lowest BCUT2D eigenvalue weighted by molar-refractivity contribution is 0.193. The Hall–Kier alpha value is -5.15. The smallest absolute Gasteiger partial charge is 0.247 e. The summed E-state index contributed by atoms with van der Waals surface area (Å²) in [7, 11) is 0. The molecule has 1 saturated heterocycles. The Balaban J connectivity index is 1.02. The van der Waals surface area contributed by atoms with Crippen LogP contribution in [0.15, 0.2) is 102 Å². The molecule has 5 aromatic rings. The first kappa shape index (κ1) is 25.8. The number of nitrogens with one attached hydrogen (secondary N) is 3. The van der Waals surface area contributed by atoms with E-state index in [-0.39, 0.29) is 17.6 Å². The van der Waals surface area contributed by atoms with E-state index in [0.29, 0.717) is 17.4 Å². The van der Waals surface area contributed by atoms with Gasteiger partial charge in [-0.25, -0.2) is 4.98 Å². The molecule has 0 saturated carbocycles. The molecule has 0 amide bonds. The van der Waals surface area contributed by atoms with Crippen molar-refractivity contribution in [2.75, 3.05) is 23.3 Å². The molecule has 0 unspecified atom stereocenters. The molecule has 208 valence electrons. The molecule has 7 rings (SSSR count). The average Bonchev–Trinajstić information content (AvgIpc) is 3.49. The molecule has 9 heteroatoms. The van der Waals surface area contributed by atoms with Gasteiger partial charge in [0, 0.05) is 35.3 Å². The molecule has 4 heterocycles. The molecule has 3 aromatic carbocycles. The van der Waals surface area contributed by atoms with Crippen LogP contribution in [0, 0.1) is 10.8 Å². The van der Waals surface area contributed by atoms with E-state index in [0.717, 1.165) is 60.7 Å². The highest BCUT2D eigenvalue weighted by molar-refractivity contribution is 6.30. The predicted octanol–water partition coefficient (Wildman–Crippen LogP) is 6.43. The first-order valence-electron chi connectivity index (χ1n) is 14.1. The van der Waals surface area contributed by atoms with Crippen LogP contribution in [0.3, 0.4) is 0 Å². The number of rotatable bonds is 5. The van der Waals surface area contributed by atoms with Gasteiger partial charge in [0.1, 0.15) is 11.7 Å². The number of hydrogen-bond acceptors (Lipinski definition) is 8. The fourth-order valence-corrected chi connectivity index (χ4v) is 5.66. The van der Waals surface area contributed by atoms with Crippen molar-refractivity contribution in [3.05, 3.63) is 120 Å². The maximum Gasteiger partial charge on any atom is 0.247 e. The van der Waals surface area contributed by atoms with Crippen LogP contribution in [-0.4, -0.2) is 44.8 Å². The van der Waals surface area contributed by atoms with Gasteiger partial charge in [-0.05, 0) is 67.9 Å². The predicted molar refractivity (Wildman–Crippen MR) is 164 cm³/mol. The average molecular weight is 555 g/mol. The number of nitrogens with zero attached hydrogens (tertiary/aromatic N) is 5. The maximum atomic E-state index is 9.11. The van der Waals surface area contributed by atoms with E-state index in [4.69, 9.17) is 15.2 Å². The summed E-state index contributed by atoms with van der Waals surface area (Å²) in [6.45, 7) is 2.74. The Morgan fingerprint density at radius 3 is 2.45 bits per heavy atom. The minimum atomic E-state index is 0.231. The molecule has 0 atom stereocenters. The van der Waals surface area contributed by atoms with Gasteiger partial charge < -0.3 is 9.73 Å². The van der Waals surface area contributed by atoms with E-state index in [9.17, 15) is 0 Å². The number of anilines is 3. The molecule has 0 spiro atoms. The first-order valence-corrected chi connectivity index (χ1v) is 14.1. The van der Waals surface area contributed by atoms with Crippen molar-refractivity contribution in [2.45, 2.75) is 25.3 Å². The van der Waals surface area contributed by atoms with Crippen LogP contribution >= 0.6 is 0 Å². The number of piperidine rings is 1. The van der Waals surface area contributed by atoms with Crippen molar-refractivity contribution in [3.8, 4) is 11.5 Å². The van der Waals surface area contributed by atoms with Gasteiger partial charge in [-0.1, -0.05) is 54.6 Å². The molecular weight excluding hydrogens is 524 g/mol. The van der Waals surface area contributed by atoms with Crippen molar-refractivity contribution in [1.82, 2.24) is 20.1 Å². The molecular formula is C33H30N8O. The summed E-state index contributed by atoms with van der Waals surface area (Å²) in [4.78, 5) is 8.59. The molecule has 1 fully saturated rings. The van der Waals surface area contributed by atoms with Crippen LogP contribution in [0.2, 0.25) is 0 Å². The number of para-hydroxylation sites is 1. The second-order valence-corrected chi connectivity index (χ2v) is 10.6. The van der Waals surface area contributed by atoms with E-state index in [2.05, 4.69) is 37.5 Å². The van der Waals surface area contributed by atoms with Crippen LogP contribution in [-0.2, 0) is 6.54 Å². The van der Waals surface area contributed by atoms with Gasteiger partial charge in [0.2, 0.25) is 11.8 Å². The second kappa shape index (κ2) is 11.0. The van der Waals surface area contributed by atoms with Crippen molar-refractivity contribution in [2.24, 2.45) is 0 Å². The van der Waals surface area contributed by atoms with E-state index in [1.54, 1.807) is 11.1 Å². The molecule has 2 aliphatic heterocycles. The third kappa shape index (κ3) is 4.95. The zero-order valence-electron chi connectivity index (χ0n) is 23.0. The summed E-state index contributed by atoms with van der Waals surface area (Å²) in [6.07, 6.45) is 3.66. The topological polar surface area (TPSA) is 118 Å². The van der Waals surface area contributed by atoms with Crippen molar-refractivity contribution < 1.29 is 4.42 Å². The van der Waals surface area contributed by atoms with Gasteiger partial charge in [-0.15, -0.1) is 10.2 Å². The SMILES string of the molecule is N=C(c1ccc(CN2CCC(c3nnc(-c4ccccc4)o3)CC2)cc1)N1C(=N)c2ccccc2Nc2ncccc21. The molecule has 42 heavy (non-hydrogen) atoms. The fraction of sp³-hybridized carbons (Fsp3) is 0.182. The van der Waals surface area contributed by atoms with Gasteiger partial charge in [0.05, 0.1) is 11.4 Å². The minimum absolute atomic E-state index is 0.231. The quantitative estimate of drug-likeness (QED) is 0.169. The van der Waals surface area contributed by atoms with Gasteiger partial charge in [0.15, 0.2) is 5.82 Å². The summed E-state index contributed by atoms with van der Waals surface area (Å²) >= 11 is 0. The number of amidine groups is 2. The number of likely N-dealkylation sites (tertiary alicyclic amines) is 1. The zero-order valence-corrected chi connectivity index (χ0v) is 23.0. The van der Waals surface area contributed by atoms with Gasteiger partial charge in [-0.3, -0.25) is 20.6 Å². The molecule has 0 bridgehead atoms. The normalized spacial score (nSPS) is 15.4. The maximum absolute atomic E-state index is 9.11. The summed E-state index contributed by atoms with van der Waals surface area (Å²) in [6, 6.07) is 29.4. The molecule has 0 aliphatic carbocycles. The lowest BCUT2D eigenvalue weighted by Gasteiger charge is -2.30. The minimum Gasteiger partial charge on any atom is -0.420 e. The summed E-state index contributed by atoms with van der Waals surface area (Å²) in [5, 5.41) is 30.1. The number of fused-ring (bicyclic) bond motifs is 2. The Morgan fingerprint density at radius 2 is 1.64 bits per heavy atom. The Labute approximate surface area is 243 Å². The lowest BCUT2D eigenvalue weighted by atomic mass is 9.96.